The van der Waals surface area contributed by atoms with E-state index in [2.05, 4.69) is 10.4 Å². The third-order valence-electron chi connectivity index (χ3n) is 5.47. The van der Waals surface area contributed by atoms with E-state index in [0.29, 0.717) is 13.0 Å². The Morgan fingerprint density at radius 3 is 2.61 bits per heavy atom. The lowest BCUT2D eigenvalue weighted by atomic mass is 9.56. The molecule has 1 saturated carbocycles. The van der Waals surface area contributed by atoms with Crippen LogP contribution >= 0.6 is 0 Å². The summed E-state index contributed by atoms with van der Waals surface area (Å²) in [4.78, 5) is 12.2. The lowest BCUT2D eigenvalue weighted by Gasteiger charge is -2.57. The number of carbonyl (C=O) groups excluding carboxylic acids is 1. The van der Waals surface area contributed by atoms with Crippen molar-refractivity contribution in [1.82, 2.24) is 15.1 Å². The normalized spacial score (nSPS) is 26.0. The molecule has 0 unspecified atom stereocenters. The minimum absolute atomic E-state index is 0.0391. The van der Waals surface area contributed by atoms with E-state index in [-0.39, 0.29) is 30.4 Å². The summed E-state index contributed by atoms with van der Waals surface area (Å²) >= 11 is 0. The van der Waals surface area contributed by atoms with Gasteiger partial charge in [0, 0.05) is 43.3 Å². The molecule has 1 aliphatic carbocycles. The summed E-state index contributed by atoms with van der Waals surface area (Å²) in [5.74, 6) is -0.0896. The van der Waals surface area contributed by atoms with Gasteiger partial charge in [0.05, 0.1) is 23.8 Å². The van der Waals surface area contributed by atoms with Crippen LogP contribution in [0.2, 0.25) is 0 Å². The van der Waals surface area contributed by atoms with Crippen LogP contribution in [-0.4, -0.2) is 45.7 Å². The first kappa shape index (κ1) is 17.9. The van der Waals surface area contributed by atoms with Gasteiger partial charge in [0.15, 0.2) is 0 Å². The van der Waals surface area contributed by atoms with Gasteiger partial charge in [0.1, 0.15) is 0 Å². The maximum Gasteiger partial charge on any atom is 0.224 e. The number of aromatic nitrogens is 2. The molecule has 130 valence electrons. The number of ether oxygens (including phenoxy) is 1. The van der Waals surface area contributed by atoms with Crippen LogP contribution < -0.4 is 5.32 Å². The molecule has 1 aromatic heterocycles. The van der Waals surface area contributed by atoms with E-state index in [1.54, 1.807) is 4.68 Å². The van der Waals surface area contributed by atoms with E-state index < -0.39 is 5.60 Å². The number of aryl methyl sites for hydroxylation is 2. The second-order valence-corrected chi connectivity index (χ2v) is 7.13. The minimum atomic E-state index is -0.915. The highest BCUT2D eigenvalue weighted by atomic mass is 16.5. The van der Waals surface area contributed by atoms with Crippen LogP contribution in [0.3, 0.4) is 0 Å². The Balaban J connectivity index is 1.92. The maximum atomic E-state index is 12.2. The number of hydrogen-bond acceptors (Lipinski definition) is 4. The monoisotopic (exact) mass is 323 g/mol. The van der Waals surface area contributed by atoms with E-state index >= 15 is 0 Å². The molecule has 2 rings (SSSR count). The predicted octanol–water partition coefficient (Wildman–Crippen LogP) is 1.26. The van der Waals surface area contributed by atoms with Gasteiger partial charge in [-0.1, -0.05) is 13.8 Å². The molecule has 2 N–H and O–H groups in total. The zero-order valence-electron chi connectivity index (χ0n) is 15.1. The van der Waals surface area contributed by atoms with Gasteiger partial charge in [-0.25, -0.2) is 0 Å². The van der Waals surface area contributed by atoms with Crippen LogP contribution in [0.25, 0.3) is 0 Å². The molecule has 1 fully saturated rings. The Bertz CT molecular complexity index is 594. The van der Waals surface area contributed by atoms with Crippen molar-refractivity contribution in [3.63, 3.8) is 0 Å². The molecular weight excluding hydrogens is 294 g/mol. The predicted molar refractivity (Wildman–Crippen MR) is 88.2 cm³/mol. The van der Waals surface area contributed by atoms with E-state index in [1.165, 1.54) is 0 Å². The highest BCUT2D eigenvalue weighted by Crippen LogP contribution is 2.50. The average Bonchev–Trinajstić information content (AvgIpc) is 2.71. The highest BCUT2D eigenvalue weighted by Gasteiger charge is 2.59. The van der Waals surface area contributed by atoms with Crippen LogP contribution in [-0.2, 0) is 23.0 Å². The van der Waals surface area contributed by atoms with Gasteiger partial charge in [-0.05, 0) is 20.8 Å². The SMILES string of the molecule is CCO[C@@H]1C[C@@](O)(CNC(=O)Cc2c(C)nn(C)c2C)C1(C)C. The zero-order chi connectivity index (χ0) is 17.4. The first-order chi connectivity index (χ1) is 10.6. The quantitative estimate of drug-likeness (QED) is 0.826. The molecule has 0 aliphatic heterocycles. The molecule has 6 heteroatoms. The summed E-state index contributed by atoms with van der Waals surface area (Å²) in [5, 5.41) is 18.0. The van der Waals surface area contributed by atoms with E-state index in [9.17, 15) is 9.90 Å². The standard InChI is InChI=1S/C17H29N3O3/c1-7-23-14-9-17(22,16(14,4)5)10-18-15(21)8-13-11(2)19-20(6)12(13)3/h14,22H,7-10H2,1-6H3,(H,18,21)/t14-,17-/m1/s1. The summed E-state index contributed by atoms with van der Waals surface area (Å²) in [6.45, 7) is 10.7. The zero-order valence-corrected chi connectivity index (χ0v) is 15.1. The molecule has 0 saturated heterocycles. The Labute approximate surface area is 138 Å². The second-order valence-electron chi connectivity index (χ2n) is 7.13. The topological polar surface area (TPSA) is 76.4 Å². The van der Waals surface area contributed by atoms with Crippen molar-refractivity contribution < 1.29 is 14.6 Å². The Kier molecular flexibility index (Phi) is 4.87. The van der Waals surface area contributed by atoms with Crippen molar-refractivity contribution in [3.05, 3.63) is 17.0 Å². The average molecular weight is 323 g/mol. The molecule has 0 radical (unpaired) electrons. The van der Waals surface area contributed by atoms with Gasteiger partial charge in [-0.2, -0.15) is 5.10 Å². The van der Waals surface area contributed by atoms with E-state index in [1.807, 2.05) is 41.7 Å². The Morgan fingerprint density at radius 1 is 1.48 bits per heavy atom. The number of carbonyl (C=O) groups is 1. The molecule has 6 nitrogen and oxygen atoms in total. The smallest absolute Gasteiger partial charge is 0.224 e. The molecule has 0 bridgehead atoms. The lowest BCUT2D eigenvalue weighted by Crippen LogP contribution is -2.68. The van der Waals surface area contributed by atoms with Crippen LogP contribution in [0.15, 0.2) is 0 Å². The van der Waals surface area contributed by atoms with Gasteiger partial charge in [-0.3, -0.25) is 9.48 Å². The van der Waals surface area contributed by atoms with Crippen molar-refractivity contribution in [2.24, 2.45) is 12.5 Å². The molecule has 1 heterocycles. The third kappa shape index (κ3) is 3.15. The van der Waals surface area contributed by atoms with Gasteiger partial charge >= 0.3 is 0 Å². The van der Waals surface area contributed by atoms with Crippen LogP contribution in [0.1, 0.15) is 44.1 Å². The molecule has 0 spiro atoms. The van der Waals surface area contributed by atoms with Crippen molar-refractivity contribution in [3.8, 4) is 0 Å². The fourth-order valence-corrected chi connectivity index (χ4v) is 3.30. The third-order valence-corrected chi connectivity index (χ3v) is 5.47. The van der Waals surface area contributed by atoms with Crippen molar-refractivity contribution in [2.75, 3.05) is 13.2 Å². The molecule has 0 aromatic carbocycles. The first-order valence-electron chi connectivity index (χ1n) is 8.22. The fourth-order valence-electron chi connectivity index (χ4n) is 3.30. The number of nitrogens with one attached hydrogen (secondary N) is 1. The molecule has 1 aromatic rings. The molecule has 23 heavy (non-hydrogen) atoms. The minimum Gasteiger partial charge on any atom is -0.387 e. The second kappa shape index (κ2) is 6.24. The summed E-state index contributed by atoms with van der Waals surface area (Å²) in [6, 6.07) is 0. The summed E-state index contributed by atoms with van der Waals surface area (Å²) < 4.78 is 7.43. The molecular formula is C17H29N3O3. The summed E-state index contributed by atoms with van der Waals surface area (Å²) in [6.07, 6.45) is 0.882. The van der Waals surface area contributed by atoms with Crippen molar-refractivity contribution >= 4 is 5.91 Å². The first-order valence-corrected chi connectivity index (χ1v) is 8.22. The van der Waals surface area contributed by atoms with E-state index in [0.717, 1.165) is 17.0 Å². The van der Waals surface area contributed by atoms with Crippen molar-refractivity contribution in [2.45, 2.75) is 59.2 Å². The maximum absolute atomic E-state index is 12.2. The number of rotatable bonds is 6. The number of amides is 1. The van der Waals surface area contributed by atoms with E-state index in [4.69, 9.17) is 4.74 Å². The number of nitrogens with zero attached hydrogens (tertiary/aromatic N) is 2. The number of hydrogen-bond donors (Lipinski definition) is 2. The number of aliphatic hydroxyl groups is 1. The van der Waals surface area contributed by atoms with Gasteiger partial charge < -0.3 is 15.2 Å². The highest BCUT2D eigenvalue weighted by molar-refractivity contribution is 5.79. The summed E-state index contributed by atoms with van der Waals surface area (Å²) in [5.41, 5.74) is 1.55. The summed E-state index contributed by atoms with van der Waals surface area (Å²) in [7, 11) is 1.87. The van der Waals surface area contributed by atoms with Crippen LogP contribution in [0.5, 0.6) is 0 Å². The van der Waals surface area contributed by atoms with Crippen LogP contribution in [0.4, 0.5) is 0 Å². The molecule has 1 amide bonds. The lowest BCUT2D eigenvalue weighted by molar-refractivity contribution is -0.238. The van der Waals surface area contributed by atoms with Crippen LogP contribution in [0, 0.1) is 19.3 Å². The van der Waals surface area contributed by atoms with Gasteiger partial charge in [0.25, 0.3) is 0 Å². The largest absolute Gasteiger partial charge is 0.387 e. The Morgan fingerprint density at radius 2 is 2.13 bits per heavy atom. The molecule has 1 aliphatic rings. The van der Waals surface area contributed by atoms with Crippen molar-refractivity contribution in [1.29, 1.82) is 0 Å². The van der Waals surface area contributed by atoms with Gasteiger partial charge in [0.2, 0.25) is 5.91 Å². The fraction of sp³-hybridized carbons (Fsp3) is 0.765. The molecule has 2 atom stereocenters. The van der Waals surface area contributed by atoms with Gasteiger partial charge in [-0.15, -0.1) is 0 Å². The Hall–Kier alpha value is -1.40.